The number of amides is 2. The second kappa shape index (κ2) is 8.00. The molecule has 1 saturated heterocycles. The van der Waals surface area contributed by atoms with Crippen molar-refractivity contribution in [2.24, 2.45) is 5.73 Å². The summed E-state index contributed by atoms with van der Waals surface area (Å²) in [5.41, 5.74) is 7.17. The van der Waals surface area contributed by atoms with Crippen LogP contribution in [0.3, 0.4) is 0 Å². The quantitative estimate of drug-likeness (QED) is 0.902. The summed E-state index contributed by atoms with van der Waals surface area (Å²) in [6, 6.07) is 13.0. The molecule has 27 heavy (non-hydrogen) atoms. The van der Waals surface area contributed by atoms with Crippen molar-refractivity contribution in [1.29, 1.82) is 5.26 Å². The van der Waals surface area contributed by atoms with Crippen LogP contribution in [-0.2, 0) is 4.79 Å². The van der Waals surface area contributed by atoms with Gasteiger partial charge < -0.3 is 10.6 Å². The number of piperidine rings is 1. The molecule has 2 N–H and O–H groups in total. The van der Waals surface area contributed by atoms with Gasteiger partial charge in [-0.15, -0.1) is 0 Å². The van der Waals surface area contributed by atoms with Gasteiger partial charge in [-0.05, 0) is 54.7 Å². The van der Waals surface area contributed by atoms with Crippen LogP contribution in [0.2, 0.25) is 0 Å². The first-order valence-corrected chi connectivity index (χ1v) is 8.89. The zero-order valence-electron chi connectivity index (χ0n) is 14.8. The molecule has 0 spiro atoms. The highest BCUT2D eigenvalue weighted by Gasteiger charge is 2.28. The number of nitrogens with two attached hydrogens (primary N) is 1. The molecule has 1 atom stereocenters. The summed E-state index contributed by atoms with van der Waals surface area (Å²) in [7, 11) is 0. The van der Waals surface area contributed by atoms with Crippen molar-refractivity contribution >= 4 is 11.8 Å². The Labute approximate surface area is 157 Å². The van der Waals surface area contributed by atoms with Gasteiger partial charge in [-0.25, -0.2) is 4.39 Å². The number of halogens is 1. The van der Waals surface area contributed by atoms with E-state index in [0.29, 0.717) is 17.7 Å². The zero-order chi connectivity index (χ0) is 19.4. The standard InChI is InChI=1S/C21H20FN3O2/c22-19-8-7-15(11-17(19)13-23)14-4-3-5-16(10-14)21(27)25-9-2-1-6-18(25)12-20(24)26/h3-5,7-8,10-11,18H,1-2,6,9,12H2,(H2,24,26). The second-order valence-electron chi connectivity index (χ2n) is 6.71. The fourth-order valence-corrected chi connectivity index (χ4v) is 3.50. The van der Waals surface area contributed by atoms with Gasteiger partial charge in [-0.1, -0.05) is 18.2 Å². The lowest BCUT2D eigenvalue weighted by atomic mass is 9.96. The third-order valence-electron chi connectivity index (χ3n) is 4.85. The lowest BCUT2D eigenvalue weighted by Crippen LogP contribution is -2.45. The maximum absolute atomic E-state index is 13.6. The van der Waals surface area contributed by atoms with Gasteiger partial charge in [0.25, 0.3) is 5.91 Å². The highest BCUT2D eigenvalue weighted by atomic mass is 19.1. The summed E-state index contributed by atoms with van der Waals surface area (Å²) in [5.74, 6) is -1.13. The van der Waals surface area contributed by atoms with Crippen LogP contribution < -0.4 is 5.73 Å². The SMILES string of the molecule is N#Cc1cc(-c2cccc(C(=O)N3CCCCC3CC(N)=O)c2)ccc1F. The molecule has 1 aliphatic rings. The number of rotatable bonds is 4. The van der Waals surface area contributed by atoms with Gasteiger partial charge in [0.15, 0.2) is 0 Å². The summed E-state index contributed by atoms with van der Waals surface area (Å²) in [5, 5.41) is 9.02. The molecule has 2 aromatic rings. The number of benzene rings is 2. The van der Waals surface area contributed by atoms with E-state index in [1.807, 2.05) is 12.1 Å². The molecule has 0 aromatic heterocycles. The van der Waals surface area contributed by atoms with Crippen LogP contribution in [0.25, 0.3) is 11.1 Å². The summed E-state index contributed by atoms with van der Waals surface area (Å²) in [6.07, 6.45) is 2.78. The normalized spacial score (nSPS) is 16.6. The minimum atomic E-state index is -0.573. The maximum atomic E-state index is 13.6. The van der Waals surface area contributed by atoms with E-state index in [2.05, 4.69) is 0 Å². The van der Waals surface area contributed by atoms with Crippen molar-refractivity contribution in [2.45, 2.75) is 31.7 Å². The number of carbonyl (C=O) groups is 2. The van der Waals surface area contributed by atoms with E-state index in [1.54, 1.807) is 29.2 Å². The van der Waals surface area contributed by atoms with Crippen LogP contribution in [0.5, 0.6) is 0 Å². The fourth-order valence-electron chi connectivity index (χ4n) is 3.50. The Kier molecular flexibility index (Phi) is 5.51. The molecule has 3 rings (SSSR count). The van der Waals surface area contributed by atoms with Crippen molar-refractivity contribution in [2.75, 3.05) is 6.54 Å². The van der Waals surface area contributed by atoms with Gasteiger partial charge in [0, 0.05) is 24.6 Å². The highest BCUT2D eigenvalue weighted by Crippen LogP contribution is 2.26. The van der Waals surface area contributed by atoms with E-state index < -0.39 is 11.7 Å². The molecular formula is C21H20FN3O2. The van der Waals surface area contributed by atoms with Gasteiger partial charge in [-0.3, -0.25) is 9.59 Å². The summed E-state index contributed by atoms with van der Waals surface area (Å²) in [4.78, 5) is 26.1. The number of primary amides is 1. The molecule has 5 nitrogen and oxygen atoms in total. The third kappa shape index (κ3) is 4.14. The summed E-state index contributed by atoms with van der Waals surface area (Å²) >= 11 is 0. The Hall–Kier alpha value is -3.20. The van der Waals surface area contributed by atoms with Gasteiger partial charge in [0.1, 0.15) is 11.9 Å². The maximum Gasteiger partial charge on any atom is 0.254 e. The van der Waals surface area contributed by atoms with Crippen molar-refractivity contribution in [3.63, 3.8) is 0 Å². The fraction of sp³-hybridized carbons (Fsp3) is 0.286. The summed E-state index contributed by atoms with van der Waals surface area (Å²) < 4.78 is 13.6. The lowest BCUT2D eigenvalue weighted by Gasteiger charge is -2.35. The first-order chi connectivity index (χ1) is 13.0. The van der Waals surface area contributed by atoms with Gasteiger partial charge in [0.05, 0.1) is 5.56 Å². The number of carbonyl (C=O) groups excluding carboxylic acids is 2. The molecule has 0 aliphatic carbocycles. The molecule has 2 aromatic carbocycles. The molecule has 1 fully saturated rings. The Morgan fingerprint density at radius 2 is 1.96 bits per heavy atom. The van der Waals surface area contributed by atoms with Gasteiger partial charge in [-0.2, -0.15) is 5.26 Å². The number of hydrogen-bond donors (Lipinski definition) is 1. The van der Waals surface area contributed by atoms with E-state index >= 15 is 0 Å². The van der Waals surface area contributed by atoms with E-state index in [9.17, 15) is 14.0 Å². The lowest BCUT2D eigenvalue weighted by molar-refractivity contribution is -0.119. The molecule has 0 saturated carbocycles. The molecule has 0 bridgehead atoms. The molecule has 6 heteroatoms. The molecule has 1 heterocycles. The van der Waals surface area contributed by atoms with Crippen LogP contribution in [0.1, 0.15) is 41.6 Å². The van der Waals surface area contributed by atoms with Crippen LogP contribution in [0.15, 0.2) is 42.5 Å². The minimum Gasteiger partial charge on any atom is -0.370 e. The number of likely N-dealkylation sites (tertiary alicyclic amines) is 1. The smallest absolute Gasteiger partial charge is 0.254 e. The zero-order valence-corrected chi connectivity index (χ0v) is 14.8. The van der Waals surface area contributed by atoms with Crippen LogP contribution in [0, 0.1) is 17.1 Å². The molecule has 138 valence electrons. The van der Waals surface area contributed by atoms with E-state index in [4.69, 9.17) is 11.0 Å². The second-order valence-corrected chi connectivity index (χ2v) is 6.71. The van der Waals surface area contributed by atoms with Crippen molar-refractivity contribution in [3.05, 3.63) is 59.4 Å². The van der Waals surface area contributed by atoms with E-state index in [0.717, 1.165) is 24.8 Å². The Morgan fingerprint density at radius 3 is 2.70 bits per heavy atom. The third-order valence-corrected chi connectivity index (χ3v) is 4.85. The Morgan fingerprint density at radius 1 is 1.19 bits per heavy atom. The molecule has 1 unspecified atom stereocenters. The van der Waals surface area contributed by atoms with Crippen LogP contribution in [0.4, 0.5) is 4.39 Å². The average molecular weight is 365 g/mol. The monoisotopic (exact) mass is 365 g/mol. The first kappa shape index (κ1) is 18.6. The number of nitriles is 1. The van der Waals surface area contributed by atoms with E-state index in [-0.39, 0.29) is 23.9 Å². The van der Waals surface area contributed by atoms with Gasteiger partial charge >= 0.3 is 0 Å². The van der Waals surface area contributed by atoms with Crippen molar-refractivity contribution in [3.8, 4) is 17.2 Å². The molecule has 0 radical (unpaired) electrons. The Bertz CT molecular complexity index is 920. The van der Waals surface area contributed by atoms with Crippen molar-refractivity contribution < 1.29 is 14.0 Å². The van der Waals surface area contributed by atoms with Gasteiger partial charge in [0.2, 0.25) is 5.91 Å². The number of nitrogens with zero attached hydrogens (tertiary/aromatic N) is 2. The molecule has 1 aliphatic heterocycles. The minimum absolute atomic E-state index is 0.0400. The predicted octanol–water partition coefficient (Wildman–Crippen LogP) is 3.23. The highest BCUT2D eigenvalue weighted by molar-refractivity contribution is 5.96. The van der Waals surface area contributed by atoms with E-state index in [1.165, 1.54) is 12.1 Å². The van der Waals surface area contributed by atoms with Crippen LogP contribution in [-0.4, -0.2) is 29.3 Å². The predicted molar refractivity (Wildman–Crippen MR) is 99.0 cm³/mol. The Balaban J connectivity index is 1.89. The average Bonchev–Trinajstić information content (AvgIpc) is 2.68. The first-order valence-electron chi connectivity index (χ1n) is 8.89. The largest absolute Gasteiger partial charge is 0.370 e. The topological polar surface area (TPSA) is 87.2 Å². The molecular weight excluding hydrogens is 345 g/mol. The molecule has 2 amide bonds. The van der Waals surface area contributed by atoms with Crippen LogP contribution >= 0.6 is 0 Å². The van der Waals surface area contributed by atoms with Crippen molar-refractivity contribution in [1.82, 2.24) is 4.90 Å². The summed E-state index contributed by atoms with van der Waals surface area (Å²) in [6.45, 7) is 0.593. The number of hydrogen-bond acceptors (Lipinski definition) is 3.